The van der Waals surface area contributed by atoms with Crippen molar-refractivity contribution >= 4 is 27.5 Å². The summed E-state index contributed by atoms with van der Waals surface area (Å²) in [6, 6.07) is 0.302. The lowest BCUT2D eigenvalue weighted by Gasteiger charge is -2.32. The van der Waals surface area contributed by atoms with E-state index in [1.165, 1.54) is 11.3 Å². The molecular formula is C17H24N4O2S. The normalized spacial score (nSPS) is 17.2. The van der Waals surface area contributed by atoms with Gasteiger partial charge in [0.05, 0.1) is 18.1 Å². The predicted molar refractivity (Wildman–Crippen MR) is 95.8 cm³/mol. The Labute approximate surface area is 146 Å². The van der Waals surface area contributed by atoms with Crippen LogP contribution in [0.25, 0.3) is 10.2 Å². The van der Waals surface area contributed by atoms with Crippen molar-refractivity contribution in [2.24, 2.45) is 0 Å². The van der Waals surface area contributed by atoms with Crippen LogP contribution in [0.5, 0.6) is 0 Å². The van der Waals surface area contributed by atoms with E-state index in [-0.39, 0.29) is 5.91 Å². The molecule has 0 radical (unpaired) electrons. The second-order valence-corrected chi connectivity index (χ2v) is 7.30. The number of ether oxygens (including phenoxy) is 1. The smallest absolute Gasteiger partial charge is 0.261 e. The topological polar surface area (TPSA) is 67.4 Å². The van der Waals surface area contributed by atoms with Gasteiger partial charge in [0.1, 0.15) is 10.7 Å². The lowest BCUT2D eigenvalue weighted by molar-refractivity contribution is 0.0204. The number of rotatable bonds is 4. The van der Waals surface area contributed by atoms with E-state index in [9.17, 15) is 4.79 Å². The van der Waals surface area contributed by atoms with Crippen LogP contribution < -0.4 is 5.32 Å². The third-order valence-electron chi connectivity index (χ3n) is 4.52. The number of aryl methyl sites for hydroxylation is 3. The van der Waals surface area contributed by atoms with Gasteiger partial charge in [-0.1, -0.05) is 0 Å². The van der Waals surface area contributed by atoms with Gasteiger partial charge in [0.15, 0.2) is 0 Å². The Bertz CT molecular complexity index is 753. The lowest BCUT2D eigenvalue weighted by Crippen LogP contribution is -2.47. The van der Waals surface area contributed by atoms with Crippen LogP contribution in [0.3, 0.4) is 0 Å². The van der Waals surface area contributed by atoms with E-state index in [4.69, 9.17) is 4.74 Å². The van der Waals surface area contributed by atoms with Crippen LogP contribution in [0, 0.1) is 20.8 Å². The highest BCUT2D eigenvalue weighted by Gasteiger charge is 2.21. The first kappa shape index (κ1) is 17.3. The number of aromatic nitrogens is 2. The Morgan fingerprint density at radius 2 is 2.00 bits per heavy atom. The number of morpholine rings is 1. The van der Waals surface area contributed by atoms with Gasteiger partial charge in [-0.3, -0.25) is 9.69 Å². The van der Waals surface area contributed by atoms with Gasteiger partial charge in [0, 0.05) is 36.8 Å². The monoisotopic (exact) mass is 348 g/mol. The average Bonchev–Trinajstić information content (AvgIpc) is 2.90. The zero-order chi connectivity index (χ0) is 17.3. The summed E-state index contributed by atoms with van der Waals surface area (Å²) < 4.78 is 5.37. The molecule has 3 rings (SSSR count). The van der Waals surface area contributed by atoms with Crippen molar-refractivity contribution in [1.29, 1.82) is 0 Å². The summed E-state index contributed by atoms with van der Waals surface area (Å²) in [5.41, 5.74) is 1.91. The molecule has 0 saturated carbocycles. The summed E-state index contributed by atoms with van der Waals surface area (Å²) in [5, 5.41) is 4.08. The predicted octanol–water partition coefficient (Wildman–Crippen LogP) is 2.07. The molecule has 7 heteroatoms. The molecule has 130 valence electrons. The van der Waals surface area contributed by atoms with Gasteiger partial charge in [0.2, 0.25) is 0 Å². The number of nitrogens with one attached hydrogen (secondary N) is 1. The Morgan fingerprint density at radius 3 is 2.71 bits per heavy atom. The largest absolute Gasteiger partial charge is 0.379 e. The highest BCUT2D eigenvalue weighted by molar-refractivity contribution is 7.20. The first-order chi connectivity index (χ1) is 11.5. The van der Waals surface area contributed by atoms with E-state index >= 15 is 0 Å². The Kier molecular flexibility index (Phi) is 5.12. The van der Waals surface area contributed by atoms with Crippen LogP contribution in [0.2, 0.25) is 0 Å². The van der Waals surface area contributed by atoms with Crippen molar-refractivity contribution in [3.05, 3.63) is 22.0 Å². The molecule has 0 aromatic carbocycles. The second kappa shape index (κ2) is 7.13. The molecular weight excluding hydrogens is 324 g/mol. The van der Waals surface area contributed by atoms with Gasteiger partial charge >= 0.3 is 0 Å². The second-order valence-electron chi connectivity index (χ2n) is 6.30. The molecule has 3 heterocycles. The van der Waals surface area contributed by atoms with Crippen molar-refractivity contribution < 1.29 is 9.53 Å². The highest BCUT2D eigenvalue weighted by atomic mass is 32.1. The van der Waals surface area contributed by atoms with Crippen molar-refractivity contribution in [3.63, 3.8) is 0 Å². The first-order valence-electron chi connectivity index (χ1n) is 8.31. The van der Waals surface area contributed by atoms with Crippen molar-refractivity contribution in [2.45, 2.75) is 33.7 Å². The molecule has 6 nitrogen and oxygen atoms in total. The molecule has 1 fully saturated rings. The summed E-state index contributed by atoms with van der Waals surface area (Å²) in [7, 11) is 0. The van der Waals surface area contributed by atoms with Gasteiger partial charge in [-0.05, 0) is 33.3 Å². The third kappa shape index (κ3) is 3.43. The summed E-state index contributed by atoms with van der Waals surface area (Å²) in [6.45, 7) is 12.0. The molecule has 1 atom stereocenters. The van der Waals surface area contributed by atoms with Crippen molar-refractivity contribution in [3.8, 4) is 0 Å². The van der Waals surface area contributed by atoms with E-state index in [0.29, 0.717) is 12.6 Å². The van der Waals surface area contributed by atoms with E-state index in [1.807, 2.05) is 20.8 Å². The zero-order valence-corrected chi connectivity index (χ0v) is 15.5. The van der Waals surface area contributed by atoms with Gasteiger partial charge < -0.3 is 10.1 Å². The standard InChI is InChI=1S/C17H24N4O2S/c1-10(21-5-7-23-8-6-21)9-18-16(22)15-11(2)14-12(3)19-13(4)20-17(14)24-15/h10H,5-9H2,1-4H3,(H,18,22). The van der Waals surface area contributed by atoms with Crippen LogP contribution in [0.1, 0.15) is 33.7 Å². The van der Waals surface area contributed by atoms with Crippen LogP contribution >= 0.6 is 11.3 Å². The molecule has 2 aromatic rings. The summed E-state index contributed by atoms with van der Waals surface area (Å²) in [5.74, 6) is 0.724. The molecule has 0 aliphatic carbocycles. The number of fused-ring (bicyclic) bond motifs is 1. The van der Waals surface area contributed by atoms with Crippen LogP contribution in [-0.4, -0.2) is 59.7 Å². The molecule has 1 N–H and O–H groups in total. The van der Waals surface area contributed by atoms with E-state index in [0.717, 1.165) is 58.5 Å². The summed E-state index contributed by atoms with van der Waals surface area (Å²) in [6.07, 6.45) is 0. The highest BCUT2D eigenvalue weighted by Crippen LogP contribution is 2.31. The lowest BCUT2D eigenvalue weighted by atomic mass is 10.1. The maximum absolute atomic E-state index is 12.6. The molecule has 1 unspecified atom stereocenters. The van der Waals surface area contributed by atoms with E-state index < -0.39 is 0 Å². The Balaban J connectivity index is 1.72. The zero-order valence-electron chi connectivity index (χ0n) is 14.7. The number of thiophene rings is 1. The van der Waals surface area contributed by atoms with Crippen molar-refractivity contribution in [2.75, 3.05) is 32.8 Å². The number of nitrogens with zero attached hydrogens (tertiary/aromatic N) is 3. The minimum Gasteiger partial charge on any atom is -0.379 e. The molecule has 1 aliphatic heterocycles. The molecule has 2 aromatic heterocycles. The number of hydrogen-bond donors (Lipinski definition) is 1. The number of hydrogen-bond acceptors (Lipinski definition) is 6. The maximum atomic E-state index is 12.6. The fourth-order valence-electron chi connectivity index (χ4n) is 3.16. The maximum Gasteiger partial charge on any atom is 0.261 e. The average molecular weight is 348 g/mol. The Morgan fingerprint density at radius 1 is 1.29 bits per heavy atom. The van der Waals surface area contributed by atoms with E-state index in [1.54, 1.807) is 0 Å². The molecule has 24 heavy (non-hydrogen) atoms. The van der Waals surface area contributed by atoms with Gasteiger partial charge in [-0.2, -0.15) is 0 Å². The minimum absolute atomic E-state index is 0.0207. The van der Waals surface area contributed by atoms with Crippen LogP contribution in [0.4, 0.5) is 0 Å². The molecule has 0 bridgehead atoms. The van der Waals surface area contributed by atoms with Gasteiger partial charge in [0.25, 0.3) is 5.91 Å². The third-order valence-corrected chi connectivity index (χ3v) is 5.70. The fourth-order valence-corrected chi connectivity index (χ4v) is 4.35. The quantitative estimate of drug-likeness (QED) is 0.916. The molecule has 1 saturated heterocycles. The minimum atomic E-state index is -0.0207. The first-order valence-corrected chi connectivity index (χ1v) is 9.13. The van der Waals surface area contributed by atoms with Gasteiger partial charge in [-0.15, -0.1) is 11.3 Å². The molecule has 0 spiro atoms. The van der Waals surface area contributed by atoms with Crippen LogP contribution in [-0.2, 0) is 4.74 Å². The molecule has 1 amide bonds. The molecule has 1 aliphatic rings. The summed E-state index contributed by atoms with van der Waals surface area (Å²) >= 11 is 1.45. The SMILES string of the molecule is Cc1nc(C)c2c(C)c(C(=O)NCC(C)N3CCOCC3)sc2n1. The number of carbonyl (C=O) groups is 1. The number of amides is 1. The van der Waals surface area contributed by atoms with Crippen molar-refractivity contribution in [1.82, 2.24) is 20.2 Å². The van der Waals surface area contributed by atoms with Crippen LogP contribution in [0.15, 0.2) is 0 Å². The Hall–Kier alpha value is -1.57. The number of carbonyl (C=O) groups excluding carboxylic acids is 1. The fraction of sp³-hybridized carbons (Fsp3) is 0.588. The van der Waals surface area contributed by atoms with Gasteiger partial charge in [-0.25, -0.2) is 9.97 Å². The van der Waals surface area contributed by atoms with E-state index in [2.05, 4.69) is 27.1 Å². The summed E-state index contributed by atoms with van der Waals surface area (Å²) in [4.78, 5) is 25.5.